The average molecular weight is 334 g/mol. The average Bonchev–Trinajstić information content (AvgIpc) is 2.60. The summed E-state index contributed by atoms with van der Waals surface area (Å²) in [6.07, 6.45) is 15.2. The van der Waals surface area contributed by atoms with E-state index in [9.17, 15) is 5.11 Å². The zero-order valence-corrected chi connectivity index (χ0v) is 15.9. The van der Waals surface area contributed by atoms with Crippen molar-refractivity contribution < 1.29 is 5.11 Å². The van der Waals surface area contributed by atoms with Crippen molar-refractivity contribution in [3.8, 4) is 0 Å². The molecule has 1 aromatic rings. The largest absolute Gasteiger partial charge is 0.395 e. The highest BCUT2D eigenvalue weighted by Crippen LogP contribution is 2.12. The van der Waals surface area contributed by atoms with E-state index < -0.39 is 0 Å². The van der Waals surface area contributed by atoms with E-state index in [1.54, 1.807) is 0 Å². The second-order valence-electron chi connectivity index (χ2n) is 7.02. The van der Waals surface area contributed by atoms with Gasteiger partial charge in [0.1, 0.15) is 0 Å². The minimum Gasteiger partial charge on any atom is -0.395 e. The lowest BCUT2D eigenvalue weighted by Gasteiger charge is -2.21. The summed E-state index contributed by atoms with van der Waals surface area (Å²) in [4.78, 5) is 2.38. The minimum atomic E-state index is 0.255. The van der Waals surface area contributed by atoms with E-state index in [4.69, 9.17) is 0 Å². The highest BCUT2D eigenvalue weighted by atomic mass is 16.3. The van der Waals surface area contributed by atoms with Gasteiger partial charge in [-0.05, 0) is 18.5 Å². The molecule has 0 atom stereocenters. The Kier molecular flexibility index (Phi) is 13.8. The number of rotatable bonds is 16. The molecule has 0 aromatic heterocycles. The predicted octanol–water partition coefficient (Wildman–Crippen LogP) is 5.79. The molecule has 0 heterocycles. The molecule has 0 aliphatic rings. The van der Waals surface area contributed by atoms with E-state index in [1.807, 2.05) is 0 Å². The van der Waals surface area contributed by atoms with Gasteiger partial charge in [0.15, 0.2) is 0 Å². The first-order valence-electron chi connectivity index (χ1n) is 10.2. The summed E-state index contributed by atoms with van der Waals surface area (Å²) in [5.41, 5.74) is 1.34. The van der Waals surface area contributed by atoms with Crippen LogP contribution in [0.4, 0.5) is 0 Å². The van der Waals surface area contributed by atoms with Crippen molar-refractivity contribution in [3.63, 3.8) is 0 Å². The smallest absolute Gasteiger partial charge is 0.0558 e. The van der Waals surface area contributed by atoms with Gasteiger partial charge in [0, 0.05) is 13.1 Å². The molecule has 0 amide bonds. The van der Waals surface area contributed by atoms with Gasteiger partial charge in [-0.15, -0.1) is 0 Å². The van der Waals surface area contributed by atoms with Crippen LogP contribution in [0, 0.1) is 0 Å². The Balaban J connectivity index is 1.99. The third-order valence-corrected chi connectivity index (χ3v) is 4.74. The van der Waals surface area contributed by atoms with Crippen molar-refractivity contribution in [2.24, 2.45) is 0 Å². The maximum atomic E-state index is 9.25. The Morgan fingerprint density at radius 1 is 0.708 bits per heavy atom. The van der Waals surface area contributed by atoms with Crippen LogP contribution >= 0.6 is 0 Å². The second-order valence-corrected chi connectivity index (χ2v) is 7.02. The molecule has 0 unspecified atom stereocenters. The van der Waals surface area contributed by atoms with Crippen LogP contribution in [0.5, 0.6) is 0 Å². The lowest BCUT2D eigenvalue weighted by atomic mass is 10.1. The molecular formula is C22H39NO. The van der Waals surface area contributed by atoms with Crippen LogP contribution in [0.25, 0.3) is 0 Å². The Bertz CT molecular complexity index is 365. The van der Waals surface area contributed by atoms with Gasteiger partial charge < -0.3 is 5.11 Å². The molecule has 2 heteroatoms. The van der Waals surface area contributed by atoms with E-state index in [2.05, 4.69) is 42.2 Å². The second kappa shape index (κ2) is 15.7. The lowest BCUT2D eigenvalue weighted by Crippen LogP contribution is -2.27. The maximum Gasteiger partial charge on any atom is 0.0558 e. The molecule has 2 nitrogen and oxygen atoms in total. The number of hydrogen-bond acceptors (Lipinski definition) is 2. The standard InChI is InChI=1S/C22H39NO/c1-2-3-4-5-6-7-8-9-10-11-15-18-23(19-20-24)21-22-16-13-12-14-17-22/h12-14,16-17,24H,2-11,15,18-21H2,1H3. The highest BCUT2D eigenvalue weighted by molar-refractivity contribution is 5.14. The Labute approximate surface area is 150 Å². The third kappa shape index (κ3) is 11.6. The number of aliphatic hydroxyl groups is 1. The van der Waals surface area contributed by atoms with Crippen LogP contribution < -0.4 is 0 Å². The fourth-order valence-electron chi connectivity index (χ4n) is 3.25. The van der Waals surface area contributed by atoms with Gasteiger partial charge in [-0.25, -0.2) is 0 Å². The molecule has 0 fully saturated rings. The number of unbranched alkanes of at least 4 members (excludes halogenated alkanes) is 10. The monoisotopic (exact) mass is 333 g/mol. The first-order chi connectivity index (χ1) is 11.9. The van der Waals surface area contributed by atoms with E-state index in [0.717, 1.165) is 19.6 Å². The molecule has 0 aliphatic carbocycles. The van der Waals surface area contributed by atoms with Crippen LogP contribution in [0.15, 0.2) is 30.3 Å². The number of aliphatic hydroxyl groups excluding tert-OH is 1. The summed E-state index contributed by atoms with van der Waals surface area (Å²) in [6.45, 7) is 5.38. The summed E-state index contributed by atoms with van der Waals surface area (Å²) in [5.74, 6) is 0. The van der Waals surface area contributed by atoms with Gasteiger partial charge in [-0.1, -0.05) is 101 Å². The first kappa shape index (κ1) is 21.2. The molecule has 1 N–H and O–H groups in total. The number of benzene rings is 1. The summed E-state index contributed by atoms with van der Waals surface area (Å²) >= 11 is 0. The van der Waals surface area contributed by atoms with Gasteiger partial charge in [-0.3, -0.25) is 4.90 Å². The maximum absolute atomic E-state index is 9.25. The van der Waals surface area contributed by atoms with E-state index in [0.29, 0.717) is 0 Å². The van der Waals surface area contributed by atoms with Crippen LogP contribution in [0.1, 0.15) is 83.1 Å². The Hall–Kier alpha value is -0.860. The molecule has 0 aliphatic heterocycles. The molecule has 1 rings (SSSR count). The molecule has 0 saturated carbocycles. The fraction of sp³-hybridized carbons (Fsp3) is 0.727. The molecule has 0 saturated heterocycles. The van der Waals surface area contributed by atoms with Gasteiger partial charge in [-0.2, -0.15) is 0 Å². The summed E-state index contributed by atoms with van der Waals surface area (Å²) in [5, 5.41) is 9.25. The summed E-state index contributed by atoms with van der Waals surface area (Å²) in [7, 11) is 0. The van der Waals surface area contributed by atoms with Crippen molar-refractivity contribution in [1.82, 2.24) is 4.90 Å². The number of nitrogens with zero attached hydrogens (tertiary/aromatic N) is 1. The van der Waals surface area contributed by atoms with Crippen molar-refractivity contribution in [3.05, 3.63) is 35.9 Å². The third-order valence-electron chi connectivity index (χ3n) is 4.74. The van der Waals surface area contributed by atoms with E-state index in [1.165, 1.54) is 76.2 Å². The quantitative estimate of drug-likeness (QED) is 0.387. The molecule has 0 radical (unpaired) electrons. The first-order valence-corrected chi connectivity index (χ1v) is 10.2. The van der Waals surface area contributed by atoms with Gasteiger partial charge in [0.25, 0.3) is 0 Å². The molecular weight excluding hydrogens is 294 g/mol. The van der Waals surface area contributed by atoms with Crippen LogP contribution in [0.2, 0.25) is 0 Å². The SMILES string of the molecule is CCCCCCCCCCCCCN(CCO)Cc1ccccc1. The summed E-state index contributed by atoms with van der Waals surface area (Å²) < 4.78 is 0. The highest BCUT2D eigenvalue weighted by Gasteiger charge is 2.05. The van der Waals surface area contributed by atoms with Crippen LogP contribution in [-0.4, -0.2) is 29.7 Å². The minimum absolute atomic E-state index is 0.255. The molecule has 0 bridgehead atoms. The van der Waals surface area contributed by atoms with Crippen molar-refractivity contribution >= 4 is 0 Å². The molecule has 138 valence electrons. The van der Waals surface area contributed by atoms with Crippen molar-refractivity contribution in [2.75, 3.05) is 19.7 Å². The van der Waals surface area contributed by atoms with Gasteiger partial charge >= 0.3 is 0 Å². The Morgan fingerprint density at radius 3 is 1.79 bits per heavy atom. The zero-order valence-electron chi connectivity index (χ0n) is 15.9. The molecule has 24 heavy (non-hydrogen) atoms. The molecule has 0 spiro atoms. The van der Waals surface area contributed by atoms with E-state index in [-0.39, 0.29) is 6.61 Å². The normalized spacial score (nSPS) is 11.3. The Morgan fingerprint density at radius 2 is 1.25 bits per heavy atom. The topological polar surface area (TPSA) is 23.5 Å². The van der Waals surface area contributed by atoms with Gasteiger partial charge in [0.2, 0.25) is 0 Å². The zero-order chi connectivity index (χ0) is 17.3. The fourth-order valence-corrected chi connectivity index (χ4v) is 3.25. The van der Waals surface area contributed by atoms with Crippen LogP contribution in [0.3, 0.4) is 0 Å². The van der Waals surface area contributed by atoms with Crippen molar-refractivity contribution in [2.45, 2.75) is 84.1 Å². The molecule has 1 aromatic carbocycles. The predicted molar refractivity (Wildman–Crippen MR) is 105 cm³/mol. The van der Waals surface area contributed by atoms with Gasteiger partial charge in [0.05, 0.1) is 6.61 Å². The number of hydrogen-bond donors (Lipinski definition) is 1. The van der Waals surface area contributed by atoms with E-state index >= 15 is 0 Å². The van der Waals surface area contributed by atoms with Crippen molar-refractivity contribution in [1.29, 1.82) is 0 Å². The van der Waals surface area contributed by atoms with Crippen LogP contribution in [-0.2, 0) is 6.54 Å². The summed E-state index contributed by atoms with van der Waals surface area (Å²) in [6, 6.07) is 10.6. The lowest BCUT2D eigenvalue weighted by molar-refractivity contribution is 0.187.